The summed E-state index contributed by atoms with van der Waals surface area (Å²) in [7, 11) is 0. The third-order valence-electron chi connectivity index (χ3n) is 1.71. The molecule has 0 aliphatic heterocycles. The van der Waals surface area contributed by atoms with Gasteiger partial charge in [0.1, 0.15) is 18.8 Å². The van der Waals surface area contributed by atoms with Crippen molar-refractivity contribution in [2.45, 2.75) is 47.1 Å². The van der Waals surface area contributed by atoms with E-state index in [1.54, 1.807) is 20.8 Å². The molecule has 0 rings (SSSR count). The Morgan fingerprint density at radius 2 is 1.44 bits per heavy atom. The number of esters is 1. The summed E-state index contributed by atoms with van der Waals surface area (Å²) in [6, 6.07) is 0. The molecule has 0 aliphatic carbocycles. The third kappa shape index (κ3) is 7.40. The van der Waals surface area contributed by atoms with Gasteiger partial charge in [0.2, 0.25) is 0 Å². The quantitative estimate of drug-likeness (QED) is 0.693. The van der Waals surface area contributed by atoms with Crippen molar-refractivity contribution in [3.8, 4) is 0 Å². The molecule has 0 unspecified atom stereocenters. The summed E-state index contributed by atoms with van der Waals surface area (Å²) in [6.07, 6.45) is 0. The highest BCUT2D eigenvalue weighted by molar-refractivity contribution is 5.85. The van der Waals surface area contributed by atoms with Crippen LogP contribution in [0, 0.1) is 5.41 Å². The number of ether oxygens (including phenoxy) is 2. The highest BCUT2D eigenvalue weighted by atomic mass is 16.6. The van der Waals surface area contributed by atoms with E-state index in [2.05, 4.69) is 0 Å². The van der Waals surface area contributed by atoms with Crippen molar-refractivity contribution in [3.63, 3.8) is 0 Å². The van der Waals surface area contributed by atoms with Crippen LogP contribution in [-0.2, 0) is 19.1 Å². The van der Waals surface area contributed by atoms with Gasteiger partial charge in [-0.15, -0.1) is 0 Å². The monoisotopic (exact) mass is 230 g/mol. The van der Waals surface area contributed by atoms with Gasteiger partial charge in [-0.05, 0) is 20.8 Å². The van der Waals surface area contributed by atoms with Crippen LogP contribution >= 0.6 is 0 Å². The van der Waals surface area contributed by atoms with Crippen molar-refractivity contribution < 1.29 is 19.1 Å². The minimum atomic E-state index is -0.519. The average molecular weight is 230 g/mol. The molecule has 0 spiro atoms. The molecule has 0 heterocycles. The molecule has 0 fully saturated rings. The largest absolute Gasteiger partial charge is 0.458 e. The normalized spacial score (nSPS) is 12.4. The van der Waals surface area contributed by atoms with E-state index < -0.39 is 17.0 Å². The van der Waals surface area contributed by atoms with Crippen molar-refractivity contribution in [1.29, 1.82) is 0 Å². The molecule has 0 saturated carbocycles. The summed E-state index contributed by atoms with van der Waals surface area (Å²) >= 11 is 0. The minimum absolute atomic E-state index is 0.0314. The molecular formula is C12H22O4. The number of hydrogen-bond donors (Lipinski definition) is 0. The van der Waals surface area contributed by atoms with Gasteiger partial charge < -0.3 is 9.47 Å². The van der Waals surface area contributed by atoms with Gasteiger partial charge in [0.25, 0.3) is 0 Å². The molecule has 0 bridgehead atoms. The number of carbonyl (C=O) groups is 2. The Kier molecular flexibility index (Phi) is 5.13. The van der Waals surface area contributed by atoms with E-state index in [1.165, 1.54) is 0 Å². The fraction of sp³-hybridized carbons (Fsp3) is 0.833. The summed E-state index contributed by atoms with van der Waals surface area (Å²) in [5.41, 5.74) is -0.956. The van der Waals surface area contributed by atoms with Crippen LogP contribution in [0.15, 0.2) is 0 Å². The van der Waals surface area contributed by atoms with E-state index >= 15 is 0 Å². The summed E-state index contributed by atoms with van der Waals surface area (Å²) in [6.45, 7) is 10.5. The van der Waals surface area contributed by atoms with Gasteiger partial charge in [0.15, 0.2) is 5.78 Å². The van der Waals surface area contributed by atoms with E-state index in [1.807, 2.05) is 20.8 Å². The fourth-order valence-electron chi connectivity index (χ4n) is 0.815. The number of hydrogen-bond acceptors (Lipinski definition) is 4. The zero-order valence-corrected chi connectivity index (χ0v) is 11.0. The maximum atomic E-state index is 11.5. The van der Waals surface area contributed by atoms with Gasteiger partial charge in [-0.25, -0.2) is 4.79 Å². The van der Waals surface area contributed by atoms with Gasteiger partial charge >= 0.3 is 5.97 Å². The van der Waals surface area contributed by atoms with Crippen molar-refractivity contribution in [1.82, 2.24) is 0 Å². The summed E-state index contributed by atoms with van der Waals surface area (Å²) in [5, 5.41) is 0. The summed E-state index contributed by atoms with van der Waals surface area (Å²) < 4.78 is 10.0. The molecule has 0 aromatic carbocycles. The van der Waals surface area contributed by atoms with Gasteiger partial charge in [-0.3, -0.25) is 4.79 Å². The first-order valence-corrected chi connectivity index (χ1v) is 5.35. The second-order valence-corrected chi connectivity index (χ2v) is 5.75. The molecule has 0 atom stereocenters. The number of carbonyl (C=O) groups excluding carboxylic acids is 2. The molecule has 0 N–H and O–H groups in total. The highest BCUT2D eigenvalue weighted by Gasteiger charge is 2.22. The maximum Gasteiger partial charge on any atom is 0.332 e. The maximum absolute atomic E-state index is 11.5. The Morgan fingerprint density at radius 3 is 1.81 bits per heavy atom. The van der Waals surface area contributed by atoms with Crippen LogP contribution in [0.25, 0.3) is 0 Å². The van der Waals surface area contributed by atoms with Crippen molar-refractivity contribution in [3.05, 3.63) is 0 Å². The molecule has 4 heteroatoms. The zero-order chi connectivity index (χ0) is 13.0. The fourth-order valence-corrected chi connectivity index (χ4v) is 0.815. The Balaban J connectivity index is 3.84. The molecular weight excluding hydrogens is 208 g/mol. The smallest absolute Gasteiger partial charge is 0.332 e. The molecule has 0 aromatic heterocycles. The van der Waals surface area contributed by atoms with E-state index in [0.717, 1.165) is 0 Å². The van der Waals surface area contributed by atoms with Crippen LogP contribution in [0.1, 0.15) is 41.5 Å². The summed E-state index contributed by atoms with van der Waals surface area (Å²) in [4.78, 5) is 22.7. The van der Waals surface area contributed by atoms with Gasteiger partial charge in [-0.2, -0.15) is 0 Å². The minimum Gasteiger partial charge on any atom is -0.458 e. The summed E-state index contributed by atoms with van der Waals surface area (Å²) in [5.74, 6) is -0.481. The van der Waals surface area contributed by atoms with E-state index in [4.69, 9.17) is 9.47 Å². The highest BCUT2D eigenvalue weighted by Crippen LogP contribution is 2.14. The lowest BCUT2D eigenvalue weighted by atomic mass is 9.91. The molecule has 0 aromatic rings. The molecule has 94 valence electrons. The van der Waals surface area contributed by atoms with Gasteiger partial charge in [-0.1, -0.05) is 20.8 Å². The number of rotatable bonds is 4. The van der Waals surface area contributed by atoms with Crippen LogP contribution in [0.4, 0.5) is 0 Å². The second kappa shape index (κ2) is 5.43. The Morgan fingerprint density at radius 1 is 0.938 bits per heavy atom. The second-order valence-electron chi connectivity index (χ2n) is 5.75. The van der Waals surface area contributed by atoms with Gasteiger partial charge in [0.05, 0.1) is 0 Å². The third-order valence-corrected chi connectivity index (χ3v) is 1.71. The van der Waals surface area contributed by atoms with E-state index in [9.17, 15) is 9.59 Å². The Bertz CT molecular complexity index is 255. The molecule has 0 radical (unpaired) electrons. The lowest BCUT2D eigenvalue weighted by Crippen LogP contribution is -2.29. The molecule has 0 saturated heterocycles. The average Bonchev–Trinajstić information content (AvgIpc) is 1.98. The topological polar surface area (TPSA) is 52.6 Å². The lowest BCUT2D eigenvalue weighted by molar-refractivity contribution is -0.161. The van der Waals surface area contributed by atoms with E-state index in [0.29, 0.717) is 0 Å². The standard InChI is InChI=1S/C12H22O4/c1-11(2,3)9(13)7-15-8-10(14)16-12(4,5)6/h7-8H2,1-6H3. The first kappa shape index (κ1) is 15.1. The Labute approximate surface area is 97.3 Å². The first-order valence-electron chi connectivity index (χ1n) is 5.35. The van der Waals surface area contributed by atoms with Crippen LogP contribution in [-0.4, -0.2) is 30.6 Å². The molecule has 16 heavy (non-hydrogen) atoms. The number of Topliss-reactive ketones (excluding diaryl/α,β-unsaturated/α-hetero) is 1. The molecule has 0 amide bonds. The van der Waals surface area contributed by atoms with E-state index in [-0.39, 0.29) is 19.0 Å². The first-order chi connectivity index (χ1) is 7.02. The lowest BCUT2D eigenvalue weighted by Gasteiger charge is -2.20. The van der Waals surface area contributed by atoms with Crippen LogP contribution in [0.3, 0.4) is 0 Å². The molecule has 4 nitrogen and oxygen atoms in total. The Hall–Kier alpha value is -0.900. The van der Waals surface area contributed by atoms with Crippen LogP contribution < -0.4 is 0 Å². The molecule has 0 aliphatic rings. The van der Waals surface area contributed by atoms with Crippen molar-refractivity contribution in [2.75, 3.05) is 13.2 Å². The zero-order valence-electron chi connectivity index (χ0n) is 11.0. The van der Waals surface area contributed by atoms with Gasteiger partial charge in [0, 0.05) is 5.41 Å². The van der Waals surface area contributed by atoms with Crippen LogP contribution in [0.5, 0.6) is 0 Å². The number of ketones is 1. The SMILES string of the molecule is CC(C)(C)OC(=O)COCC(=O)C(C)(C)C. The van der Waals surface area contributed by atoms with Crippen LogP contribution in [0.2, 0.25) is 0 Å². The van der Waals surface area contributed by atoms with Crippen molar-refractivity contribution in [2.24, 2.45) is 5.41 Å². The predicted octanol–water partition coefficient (Wildman–Crippen LogP) is 1.96. The predicted molar refractivity (Wildman–Crippen MR) is 61.1 cm³/mol. The van der Waals surface area contributed by atoms with Crippen molar-refractivity contribution >= 4 is 11.8 Å².